The third kappa shape index (κ3) is 4.04. The first-order chi connectivity index (χ1) is 9.77. The van der Waals surface area contributed by atoms with Crippen molar-refractivity contribution >= 4 is 17.6 Å². The maximum Gasteiger partial charge on any atom is 0.308 e. The average molecular weight is 297 g/mol. The summed E-state index contributed by atoms with van der Waals surface area (Å²) in [4.78, 5) is 34.7. The number of amides is 1. The van der Waals surface area contributed by atoms with E-state index in [1.54, 1.807) is 0 Å². The lowest BCUT2D eigenvalue weighted by Crippen LogP contribution is -2.34. The summed E-state index contributed by atoms with van der Waals surface area (Å²) in [5.74, 6) is -2.13. The molecule has 1 aromatic heterocycles. The van der Waals surface area contributed by atoms with Crippen LogP contribution in [0.4, 0.5) is 5.69 Å². The van der Waals surface area contributed by atoms with Crippen molar-refractivity contribution < 1.29 is 19.6 Å². The van der Waals surface area contributed by atoms with Crippen molar-refractivity contribution in [1.82, 2.24) is 9.47 Å². The van der Waals surface area contributed by atoms with Crippen molar-refractivity contribution in [2.75, 3.05) is 13.6 Å². The molecule has 1 N–H and O–H groups in total. The Kier molecular flexibility index (Phi) is 5.45. The fraction of sp³-hybridized carbons (Fsp3) is 0.538. The Morgan fingerprint density at radius 3 is 2.62 bits per heavy atom. The van der Waals surface area contributed by atoms with E-state index in [1.165, 1.54) is 35.7 Å². The van der Waals surface area contributed by atoms with Crippen molar-refractivity contribution in [2.24, 2.45) is 5.92 Å². The summed E-state index contributed by atoms with van der Waals surface area (Å²) in [7, 11) is 1.48. The molecule has 1 rings (SSSR count). The minimum Gasteiger partial charge on any atom is -0.481 e. The van der Waals surface area contributed by atoms with Gasteiger partial charge in [0.2, 0.25) is 0 Å². The highest BCUT2D eigenvalue weighted by atomic mass is 16.6. The Labute approximate surface area is 122 Å². The standard InChI is InChI=1S/C13H19N3O5/c1-4-5-15-8-10(16(20)21)6-11(15)12(17)14(3)7-9(2)13(18)19/h6,8-9H,4-5,7H2,1-3H3,(H,18,19). The van der Waals surface area contributed by atoms with E-state index in [4.69, 9.17) is 5.11 Å². The number of aryl methyl sites for hydroxylation is 1. The van der Waals surface area contributed by atoms with Crippen LogP contribution in [-0.2, 0) is 11.3 Å². The Balaban J connectivity index is 2.99. The van der Waals surface area contributed by atoms with Gasteiger partial charge in [0.25, 0.3) is 11.6 Å². The van der Waals surface area contributed by atoms with Crippen LogP contribution in [0.5, 0.6) is 0 Å². The van der Waals surface area contributed by atoms with Crippen LogP contribution in [0.15, 0.2) is 12.3 Å². The highest BCUT2D eigenvalue weighted by Crippen LogP contribution is 2.18. The van der Waals surface area contributed by atoms with Gasteiger partial charge < -0.3 is 14.6 Å². The van der Waals surface area contributed by atoms with Gasteiger partial charge >= 0.3 is 5.97 Å². The van der Waals surface area contributed by atoms with Crippen molar-refractivity contribution in [1.29, 1.82) is 0 Å². The lowest BCUT2D eigenvalue weighted by atomic mass is 10.1. The minimum atomic E-state index is -0.996. The van der Waals surface area contributed by atoms with Crippen LogP contribution in [0.2, 0.25) is 0 Å². The Bertz CT molecular complexity index is 552. The number of rotatable bonds is 7. The van der Waals surface area contributed by atoms with E-state index in [9.17, 15) is 19.7 Å². The van der Waals surface area contributed by atoms with Crippen LogP contribution in [-0.4, -0.2) is 45.0 Å². The van der Waals surface area contributed by atoms with Gasteiger partial charge in [-0.1, -0.05) is 13.8 Å². The molecular weight excluding hydrogens is 278 g/mol. The van der Waals surface area contributed by atoms with Crippen molar-refractivity contribution in [3.05, 3.63) is 28.1 Å². The molecule has 1 amide bonds. The number of hydrogen-bond acceptors (Lipinski definition) is 4. The summed E-state index contributed by atoms with van der Waals surface area (Å²) in [6, 6.07) is 1.22. The van der Waals surface area contributed by atoms with Crippen LogP contribution in [0.25, 0.3) is 0 Å². The summed E-state index contributed by atoms with van der Waals surface area (Å²) in [6.45, 7) is 3.92. The third-order valence-electron chi connectivity index (χ3n) is 3.09. The SMILES string of the molecule is CCCn1cc([N+](=O)[O-])cc1C(=O)N(C)CC(C)C(=O)O. The Hall–Kier alpha value is -2.38. The van der Waals surface area contributed by atoms with Crippen LogP contribution >= 0.6 is 0 Å². The molecule has 1 aromatic rings. The highest BCUT2D eigenvalue weighted by Gasteiger charge is 2.24. The summed E-state index contributed by atoms with van der Waals surface area (Å²) >= 11 is 0. The molecule has 0 spiro atoms. The second-order valence-corrected chi connectivity index (χ2v) is 4.96. The second-order valence-electron chi connectivity index (χ2n) is 4.96. The largest absolute Gasteiger partial charge is 0.481 e. The van der Waals surface area contributed by atoms with Crippen LogP contribution in [0.3, 0.4) is 0 Å². The number of carbonyl (C=O) groups is 2. The summed E-state index contributed by atoms with van der Waals surface area (Å²) in [5.41, 5.74) is 0.0510. The first kappa shape index (κ1) is 16.7. The van der Waals surface area contributed by atoms with Crippen molar-refractivity contribution in [3.63, 3.8) is 0 Å². The lowest BCUT2D eigenvalue weighted by Gasteiger charge is -2.20. The zero-order valence-corrected chi connectivity index (χ0v) is 12.3. The number of nitro groups is 1. The number of aliphatic carboxylic acids is 1. The Morgan fingerprint density at radius 2 is 2.14 bits per heavy atom. The molecule has 0 aliphatic heterocycles. The fourth-order valence-electron chi connectivity index (χ4n) is 1.97. The number of carbonyl (C=O) groups excluding carboxylic acids is 1. The van der Waals surface area contributed by atoms with Gasteiger partial charge in [0.05, 0.1) is 17.0 Å². The van der Waals surface area contributed by atoms with Crippen LogP contribution < -0.4 is 0 Å². The van der Waals surface area contributed by atoms with Gasteiger partial charge in [0.1, 0.15) is 5.69 Å². The van der Waals surface area contributed by atoms with E-state index < -0.39 is 22.7 Å². The Morgan fingerprint density at radius 1 is 1.52 bits per heavy atom. The lowest BCUT2D eigenvalue weighted by molar-refractivity contribution is -0.384. The average Bonchev–Trinajstić information content (AvgIpc) is 2.82. The van der Waals surface area contributed by atoms with E-state index in [1.807, 2.05) is 6.92 Å². The first-order valence-corrected chi connectivity index (χ1v) is 6.60. The summed E-state index contributed by atoms with van der Waals surface area (Å²) < 4.78 is 1.53. The molecule has 0 aliphatic carbocycles. The van der Waals surface area contributed by atoms with E-state index in [-0.39, 0.29) is 17.9 Å². The van der Waals surface area contributed by atoms with Gasteiger partial charge in [-0.2, -0.15) is 0 Å². The molecule has 1 heterocycles. The van der Waals surface area contributed by atoms with Gasteiger partial charge in [-0.05, 0) is 6.42 Å². The summed E-state index contributed by atoms with van der Waals surface area (Å²) in [5, 5.41) is 19.7. The number of carboxylic acids is 1. The maximum atomic E-state index is 12.3. The predicted octanol–water partition coefficient (Wildman–Crippen LogP) is 1.60. The van der Waals surface area contributed by atoms with Gasteiger partial charge in [-0.25, -0.2) is 0 Å². The number of carboxylic acid groups (broad SMARTS) is 1. The molecule has 0 aliphatic rings. The number of aromatic nitrogens is 1. The molecule has 1 atom stereocenters. The molecular formula is C13H19N3O5. The molecule has 1 unspecified atom stereocenters. The van der Waals surface area contributed by atoms with Crippen molar-refractivity contribution in [2.45, 2.75) is 26.8 Å². The minimum absolute atomic E-state index is 0.0409. The summed E-state index contributed by atoms with van der Waals surface area (Å²) in [6.07, 6.45) is 2.05. The zero-order chi connectivity index (χ0) is 16.2. The van der Waals surface area contributed by atoms with E-state index in [0.717, 1.165) is 6.42 Å². The zero-order valence-electron chi connectivity index (χ0n) is 12.3. The highest BCUT2D eigenvalue weighted by molar-refractivity contribution is 5.93. The van der Waals surface area contributed by atoms with Crippen molar-refractivity contribution in [3.8, 4) is 0 Å². The van der Waals surface area contributed by atoms with Gasteiger partial charge in [-0.15, -0.1) is 0 Å². The molecule has 21 heavy (non-hydrogen) atoms. The monoisotopic (exact) mass is 297 g/mol. The molecule has 0 bridgehead atoms. The van der Waals surface area contributed by atoms with E-state index >= 15 is 0 Å². The van der Waals surface area contributed by atoms with Crippen LogP contribution in [0, 0.1) is 16.0 Å². The quantitative estimate of drug-likeness (QED) is 0.607. The molecule has 116 valence electrons. The molecule has 0 radical (unpaired) electrons. The fourth-order valence-corrected chi connectivity index (χ4v) is 1.97. The smallest absolute Gasteiger partial charge is 0.308 e. The number of hydrogen-bond donors (Lipinski definition) is 1. The topological polar surface area (TPSA) is 106 Å². The van der Waals surface area contributed by atoms with Gasteiger partial charge in [-0.3, -0.25) is 19.7 Å². The third-order valence-corrected chi connectivity index (χ3v) is 3.09. The normalized spacial score (nSPS) is 12.0. The van der Waals surface area contributed by atoms with Gasteiger partial charge in [0, 0.05) is 26.2 Å². The van der Waals surface area contributed by atoms with Gasteiger partial charge in [0.15, 0.2) is 0 Å². The molecule has 0 fully saturated rings. The maximum absolute atomic E-state index is 12.3. The molecule has 0 saturated carbocycles. The molecule has 8 heteroatoms. The van der Waals surface area contributed by atoms with E-state index in [0.29, 0.717) is 6.54 Å². The predicted molar refractivity (Wildman–Crippen MR) is 75.1 cm³/mol. The van der Waals surface area contributed by atoms with Crippen LogP contribution in [0.1, 0.15) is 30.8 Å². The molecule has 0 saturated heterocycles. The van der Waals surface area contributed by atoms with E-state index in [2.05, 4.69) is 0 Å². The molecule has 8 nitrogen and oxygen atoms in total. The first-order valence-electron chi connectivity index (χ1n) is 6.60. The molecule has 0 aromatic carbocycles. The number of nitrogens with zero attached hydrogens (tertiary/aromatic N) is 3. The second kappa shape index (κ2) is 6.87.